The molecule has 0 atom stereocenters. The number of hydrogen-bond donors (Lipinski definition) is 1. The molecule has 27 heavy (non-hydrogen) atoms. The third-order valence-corrected chi connectivity index (χ3v) is 7.75. The summed E-state index contributed by atoms with van der Waals surface area (Å²) in [5, 5.41) is 3.44. The Balaban J connectivity index is 1.63. The summed E-state index contributed by atoms with van der Waals surface area (Å²) in [7, 11) is -3.56. The molecule has 1 aliphatic rings. The van der Waals surface area contributed by atoms with Crippen molar-refractivity contribution in [1.29, 1.82) is 0 Å². The van der Waals surface area contributed by atoms with Crippen LogP contribution in [0.4, 0.5) is 5.69 Å². The van der Waals surface area contributed by atoms with Gasteiger partial charge in [0.15, 0.2) is 0 Å². The van der Waals surface area contributed by atoms with E-state index in [1.54, 1.807) is 42.5 Å². The zero-order chi connectivity index (χ0) is 19.6. The van der Waals surface area contributed by atoms with Gasteiger partial charge in [-0.15, -0.1) is 0 Å². The third-order valence-electron chi connectivity index (χ3n) is 4.49. The Morgan fingerprint density at radius 1 is 1.07 bits per heavy atom. The number of carbonyl (C=O) groups excluding carboxylic acids is 1. The van der Waals surface area contributed by atoms with Crippen LogP contribution < -0.4 is 5.32 Å². The lowest BCUT2D eigenvalue weighted by Crippen LogP contribution is -2.41. The molecule has 0 aromatic heterocycles. The van der Waals surface area contributed by atoms with Crippen LogP contribution in [0.3, 0.4) is 0 Å². The van der Waals surface area contributed by atoms with Crippen molar-refractivity contribution >= 4 is 60.7 Å². The highest BCUT2D eigenvalue weighted by atomic mass is 79.9. The van der Waals surface area contributed by atoms with Crippen LogP contribution in [-0.2, 0) is 14.8 Å². The first kappa shape index (κ1) is 20.6. The number of piperidine rings is 1. The summed E-state index contributed by atoms with van der Waals surface area (Å²) >= 11 is 15.4. The number of benzene rings is 2. The molecule has 0 unspecified atom stereocenters. The van der Waals surface area contributed by atoms with Crippen molar-refractivity contribution in [1.82, 2.24) is 4.31 Å². The second kappa shape index (κ2) is 8.49. The largest absolute Gasteiger partial charge is 0.324 e. The van der Waals surface area contributed by atoms with Gasteiger partial charge in [0, 0.05) is 23.5 Å². The lowest BCUT2D eigenvalue weighted by Gasteiger charge is -2.30. The predicted octanol–water partition coefficient (Wildman–Crippen LogP) is 4.80. The summed E-state index contributed by atoms with van der Waals surface area (Å²) in [5.41, 5.74) is 0.457. The van der Waals surface area contributed by atoms with E-state index in [-0.39, 0.29) is 16.7 Å². The molecule has 0 bridgehead atoms. The second-order valence-electron chi connectivity index (χ2n) is 6.22. The first-order valence-electron chi connectivity index (χ1n) is 8.29. The predicted molar refractivity (Wildman–Crippen MR) is 111 cm³/mol. The van der Waals surface area contributed by atoms with Crippen molar-refractivity contribution < 1.29 is 13.2 Å². The minimum atomic E-state index is -3.56. The van der Waals surface area contributed by atoms with Crippen LogP contribution >= 0.6 is 39.1 Å². The quantitative estimate of drug-likeness (QED) is 0.668. The van der Waals surface area contributed by atoms with Gasteiger partial charge in [-0.3, -0.25) is 4.79 Å². The summed E-state index contributed by atoms with van der Waals surface area (Å²) in [6.45, 7) is 0.583. The maximum absolute atomic E-state index is 12.7. The maximum atomic E-state index is 12.7. The Hall–Kier alpha value is -1.12. The molecule has 1 aliphatic heterocycles. The zero-order valence-electron chi connectivity index (χ0n) is 14.2. The second-order valence-corrected chi connectivity index (χ2v) is 9.86. The number of nitrogens with one attached hydrogen (secondary N) is 1. The number of nitrogens with zero attached hydrogens (tertiary/aromatic N) is 1. The fraction of sp³-hybridized carbons (Fsp3) is 0.278. The van der Waals surface area contributed by atoms with E-state index in [9.17, 15) is 13.2 Å². The van der Waals surface area contributed by atoms with Crippen LogP contribution in [0.2, 0.25) is 10.0 Å². The molecule has 0 aliphatic carbocycles. The van der Waals surface area contributed by atoms with Crippen LogP contribution in [0.25, 0.3) is 0 Å². The normalized spacial score (nSPS) is 16.3. The van der Waals surface area contributed by atoms with Gasteiger partial charge in [0.25, 0.3) is 0 Å². The molecule has 2 aromatic rings. The molecule has 0 saturated carbocycles. The van der Waals surface area contributed by atoms with Crippen LogP contribution in [0.15, 0.2) is 51.8 Å². The molecule has 2 aromatic carbocycles. The Labute approximate surface area is 176 Å². The molecule has 1 saturated heterocycles. The third kappa shape index (κ3) is 4.66. The molecule has 1 amide bonds. The van der Waals surface area contributed by atoms with Gasteiger partial charge in [0.2, 0.25) is 15.9 Å². The van der Waals surface area contributed by atoms with Gasteiger partial charge >= 0.3 is 0 Å². The molecule has 0 spiro atoms. The molecule has 9 heteroatoms. The molecule has 1 heterocycles. The summed E-state index contributed by atoms with van der Waals surface area (Å²) in [4.78, 5) is 12.8. The van der Waals surface area contributed by atoms with Crippen LogP contribution in [0, 0.1) is 5.92 Å². The summed E-state index contributed by atoms with van der Waals surface area (Å²) in [5.74, 6) is -0.462. The number of carbonyl (C=O) groups is 1. The molecular weight excluding hydrogens is 475 g/mol. The van der Waals surface area contributed by atoms with Crippen molar-refractivity contribution in [2.45, 2.75) is 17.7 Å². The van der Waals surface area contributed by atoms with E-state index >= 15 is 0 Å². The van der Waals surface area contributed by atoms with Crippen LogP contribution in [0.5, 0.6) is 0 Å². The minimum absolute atomic E-state index is 0.181. The SMILES string of the molecule is O=C(Nc1cccc(Cl)c1Cl)C1CCN(S(=O)(=O)c2ccc(Br)cc2)CC1. The fourth-order valence-corrected chi connectivity index (χ4v) is 5.03. The van der Waals surface area contributed by atoms with E-state index in [2.05, 4.69) is 21.2 Å². The number of halogens is 3. The van der Waals surface area contributed by atoms with Gasteiger partial charge in [-0.05, 0) is 49.2 Å². The van der Waals surface area contributed by atoms with E-state index in [0.29, 0.717) is 41.7 Å². The van der Waals surface area contributed by atoms with Gasteiger partial charge in [0.05, 0.1) is 20.6 Å². The van der Waals surface area contributed by atoms with Crippen molar-refractivity contribution in [3.05, 3.63) is 57.0 Å². The fourth-order valence-electron chi connectivity index (χ4n) is 2.95. The molecule has 5 nitrogen and oxygen atoms in total. The average Bonchev–Trinajstić information content (AvgIpc) is 2.66. The average molecular weight is 492 g/mol. The Kier molecular flexibility index (Phi) is 6.48. The summed E-state index contributed by atoms with van der Waals surface area (Å²) in [6, 6.07) is 11.6. The van der Waals surface area contributed by atoms with Gasteiger partial charge in [0.1, 0.15) is 0 Å². The lowest BCUT2D eigenvalue weighted by atomic mass is 9.97. The minimum Gasteiger partial charge on any atom is -0.324 e. The van der Waals surface area contributed by atoms with Gasteiger partial charge in [-0.2, -0.15) is 4.31 Å². The molecule has 1 N–H and O–H groups in total. The van der Waals surface area contributed by atoms with Gasteiger partial charge < -0.3 is 5.32 Å². The van der Waals surface area contributed by atoms with Gasteiger partial charge in [-0.1, -0.05) is 45.2 Å². The first-order chi connectivity index (χ1) is 12.8. The number of rotatable bonds is 4. The van der Waals surface area contributed by atoms with Gasteiger partial charge in [-0.25, -0.2) is 8.42 Å². The first-order valence-corrected chi connectivity index (χ1v) is 11.3. The van der Waals surface area contributed by atoms with E-state index < -0.39 is 10.0 Å². The smallest absolute Gasteiger partial charge is 0.243 e. The van der Waals surface area contributed by atoms with Crippen LogP contribution in [0.1, 0.15) is 12.8 Å². The molecule has 144 valence electrons. The Morgan fingerprint density at radius 3 is 2.33 bits per heavy atom. The van der Waals surface area contributed by atoms with Crippen molar-refractivity contribution in [2.24, 2.45) is 5.92 Å². The maximum Gasteiger partial charge on any atom is 0.243 e. The highest BCUT2D eigenvalue weighted by molar-refractivity contribution is 9.10. The van der Waals surface area contributed by atoms with E-state index in [4.69, 9.17) is 23.2 Å². The highest BCUT2D eigenvalue weighted by Gasteiger charge is 2.32. The Morgan fingerprint density at radius 2 is 1.70 bits per heavy atom. The number of anilines is 1. The molecule has 3 rings (SSSR count). The van der Waals surface area contributed by atoms with Crippen molar-refractivity contribution in [2.75, 3.05) is 18.4 Å². The van der Waals surface area contributed by atoms with E-state index in [0.717, 1.165) is 4.47 Å². The highest BCUT2D eigenvalue weighted by Crippen LogP contribution is 2.31. The number of sulfonamides is 1. The molecule has 1 fully saturated rings. The monoisotopic (exact) mass is 490 g/mol. The zero-order valence-corrected chi connectivity index (χ0v) is 18.1. The summed E-state index contributed by atoms with van der Waals surface area (Å²) < 4.78 is 27.7. The topological polar surface area (TPSA) is 66.5 Å². The van der Waals surface area contributed by atoms with E-state index in [1.807, 2.05) is 0 Å². The molecule has 0 radical (unpaired) electrons. The molecular formula is C18H17BrCl2N2O3S. The number of amides is 1. The summed E-state index contributed by atoms with van der Waals surface area (Å²) in [6.07, 6.45) is 0.888. The standard InChI is InChI=1S/C18H17BrCl2N2O3S/c19-13-4-6-14(7-5-13)27(25,26)23-10-8-12(9-11-23)18(24)22-16-3-1-2-15(20)17(16)21/h1-7,12H,8-11H2,(H,22,24). The number of hydrogen-bond acceptors (Lipinski definition) is 3. The lowest BCUT2D eigenvalue weighted by molar-refractivity contribution is -0.120. The van der Waals surface area contributed by atoms with Crippen molar-refractivity contribution in [3.63, 3.8) is 0 Å². The Bertz CT molecular complexity index is 944. The van der Waals surface area contributed by atoms with Crippen molar-refractivity contribution in [3.8, 4) is 0 Å². The van der Waals surface area contributed by atoms with E-state index in [1.165, 1.54) is 4.31 Å². The van der Waals surface area contributed by atoms with Crippen LogP contribution in [-0.4, -0.2) is 31.7 Å².